The molecule has 1 aliphatic carbocycles. The second kappa shape index (κ2) is 6.63. The number of nitrogens with one attached hydrogen (secondary N) is 2. The number of methoxy groups -OCH3 is 1. The van der Waals surface area contributed by atoms with Gasteiger partial charge in [0, 0.05) is 47.3 Å². The fourth-order valence-electron chi connectivity index (χ4n) is 3.06. The zero-order valence-electron chi connectivity index (χ0n) is 14.7. The van der Waals surface area contributed by atoms with E-state index < -0.39 is 0 Å². The summed E-state index contributed by atoms with van der Waals surface area (Å²) in [6.07, 6.45) is 5.48. The van der Waals surface area contributed by atoms with Crippen molar-refractivity contribution in [3.8, 4) is 16.9 Å². The van der Waals surface area contributed by atoms with E-state index in [1.165, 1.54) is 0 Å². The lowest BCUT2D eigenvalue weighted by Crippen LogP contribution is -2.14. The molecule has 1 saturated carbocycles. The Balaban J connectivity index is 1.87. The van der Waals surface area contributed by atoms with Crippen LogP contribution < -0.4 is 15.4 Å². The summed E-state index contributed by atoms with van der Waals surface area (Å²) in [5.74, 6) is 2.24. The summed E-state index contributed by atoms with van der Waals surface area (Å²) >= 11 is 0. The third-order valence-corrected chi connectivity index (χ3v) is 4.61. The molecule has 1 aromatic carbocycles. The second-order valence-corrected chi connectivity index (χ2v) is 6.35. The quantitative estimate of drug-likeness (QED) is 0.735. The summed E-state index contributed by atoms with van der Waals surface area (Å²) in [5, 5.41) is 7.86. The van der Waals surface area contributed by atoms with Crippen molar-refractivity contribution in [1.82, 2.24) is 9.97 Å². The average molecular weight is 348 g/mol. The van der Waals surface area contributed by atoms with Gasteiger partial charge in [-0.15, -0.1) is 0 Å². The van der Waals surface area contributed by atoms with Gasteiger partial charge in [0.25, 0.3) is 0 Å². The molecule has 0 bridgehead atoms. The lowest BCUT2D eigenvalue weighted by Gasteiger charge is -2.14. The van der Waals surface area contributed by atoms with Gasteiger partial charge in [-0.25, -0.2) is 9.97 Å². The molecule has 26 heavy (non-hydrogen) atoms. The fraction of sp³-hybridized carbons (Fsp3) is 0.250. The molecule has 0 atom stereocenters. The van der Waals surface area contributed by atoms with Crippen molar-refractivity contribution in [2.45, 2.75) is 12.8 Å². The predicted molar refractivity (Wildman–Crippen MR) is 102 cm³/mol. The number of para-hydroxylation sites is 1. The van der Waals surface area contributed by atoms with E-state index in [-0.39, 0.29) is 11.8 Å². The SMILES string of the molecule is CNc1ncc(-c2ccccc2OC)c2cc(NC(=O)C3CC3)ncc12. The minimum Gasteiger partial charge on any atom is -0.496 e. The molecule has 0 aliphatic heterocycles. The van der Waals surface area contributed by atoms with Crippen molar-refractivity contribution in [2.75, 3.05) is 24.8 Å². The van der Waals surface area contributed by atoms with E-state index in [1.54, 1.807) is 13.3 Å². The molecular formula is C20H20N4O2. The van der Waals surface area contributed by atoms with Gasteiger partial charge in [0.1, 0.15) is 17.4 Å². The molecule has 0 saturated heterocycles. The monoisotopic (exact) mass is 348 g/mol. The van der Waals surface area contributed by atoms with Crippen molar-refractivity contribution < 1.29 is 9.53 Å². The van der Waals surface area contributed by atoms with Gasteiger partial charge in [-0.05, 0) is 25.0 Å². The first-order valence-corrected chi connectivity index (χ1v) is 8.62. The van der Waals surface area contributed by atoms with Crippen molar-refractivity contribution >= 4 is 28.3 Å². The second-order valence-electron chi connectivity index (χ2n) is 6.35. The lowest BCUT2D eigenvalue weighted by atomic mass is 10.0. The van der Waals surface area contributed by atoms with Crippen LogP contribution in [0.5, 0.6) is 5.75 Å². The van der Waals surface area contributed by atoms with E-state index in [0.717, 1.165) is 46.3 Å². The fourth-order valence-corrected chi connectivity index (χ4v) is 3.06. The van der Waals surface area contributed by atoms with E-state index >= 15 is 0 Å². The highest BCUT2D eigenvalue weighted by Gasteiger charge is 2.29. The zero-order chi connectivity index (χ0) is 18.1. The number of hydrogen-bond donors (Lipinski definition) is 2. The molecule has 0 spiro atoms. The van der Waals surface area contributed by atoms with Gasteiger partial charge in [0.15, 0.2) is 0 Å². The van der Waals surface area contributed by atoms with Crippen LogP contribution in [0.1, 0.15) is 12.8 Å². The molecule has 1 amide bonds. The summed E-state index contributed by atoms with van der Waals surface area (Å²) in [6, 6.07) is 9.72. The molecule has 4 rings (SSSR count). The van der Waals surface area contributed by atoms with Gasteiger partial charge < -0.3 is 15.4 Å². The van der Waals surface area contributed by atoms with Gasteiger partial charge in [-0.1, -0.05) is 18.2 Å². The molecule has 2 N–H and O–H groups in total. The molecule has 6 nitrogen and oxygen atoms in total. The zero-order valence-corrected chi connectivity index (χ0v) is 14.7. The van der Waals surface area contributed by atoms with Crippen LogP contribution >= 0.6 is 0 Å². The third kappa shape index (κ3) is 2.94. The molecule has 0 radical (unpaired) electrons. The van der Waals surface area contributed by atoms with Gasteiger partial charge in [-0.3, -0.25) is 4.79 Å². The van der Waals surface area contributed by atoms with Crippen LogP contribution in [0.4, 0.5) is 11.6 Å². The van der Waals surface area contributed by atoms with Gasteiger partial charge in [-0.2, -0.15) is 0 Å². The van der Waals surface area contributed by atoms with Gasteiger partial charge >= 0.3 is 0 Å². The molecular weight excluding hydrogens is 328 g/mol. The largest absolute Gasteiger partial charge is 0.496 e. The van der Waals surface area contributed by atoms with E-state index in [0.29, 0.717) is 5.82 Å². The van der Waals surface area contributed by atoms with E-state index in [2.05, 4.69) is 20.6 Å². The first kappa shape index (κ1) is 16.3. The van der Waals surface area contributed by atoms with Crippen LogP contribution in [0.3, 0.4) is 0 Å². The van der Waals surface area contributed by atoms with Crippen LogP contribution in [0.25, 0.3) is 21.9 Å². The van der Waals surface area contributed by atoms with Crippen molar-refractivity contribution in [1.29, 1.82) is 0 Å². The number of aromatic nitrogens is 2. The Bertz CT molecular complexity index is 983. The Kier molecular flexibility index (Phi) is 4.16. The van der Waals surface area contributed by atoms with Crippen LogP contribution in [0.2, 0.25) is 0 Å². The molecule has 2 heterocycles. The molecule has 0 unspecified atom stereocenters. The maximum atomic E-state index is 12.1. The Morgan fingerprint density at radius 1 is 1.12 bits per heavy atom. The summed E-state index contributed by atoms with van der Waals surface area (Å²) in [7, 11) is 3.48. The highest BCUT2D eigenvalue weighted by atomic mass is 16.5. The summed E-state index contributed by atoms with van der Waals surface area (Å²) in [4.78, 5) is 21.0. The van der Waals surface area contributed by atoms with Crippen LogP contribution in [-0.4, -0.2) is 30.0 Å². The molecule has 3 aromatic rings. The number of anilines is 2. The summed E-state index contributed by atoms with van der Waals surface area (Å²) in [5.41, 5.74) is 1.88. The third-order valence-electron chi connectivity index (χ3n) is 4.61. The number of ether oxygens (including phenoxy) is 1. The number of carbonyl (C=O) groups excluding carboxylic acids is 1. The van der Waals surface area contributed by atoms with Crippen LogP contribution in [-0.2, 0) is 4.79 Å². The van der Waals surface area contributed by atoms with E-state index in [4.69, 9.17) is 4.74 Å². The van der Waals surface area contributed by atoms with Crippen molar-refractivity contribution in [2.24, 2.45) is 5.92 Å². The van der Waals surface area contributed by atoms with Gasteiger partial charge in [0.2, 0.25) is 5.91 Å². The minimum atomic E-state index is 0.0404. The molecule has 2 aromatic heterocycles. The highest BCUT2D eigenvalue weighted by molar-refractivity contribution is 6.04. The number of amides is 1. The number of pyridine rings is 2. The summed E-state index contributed by atoms with van der Waals surface area (Å²) < 4.78 is 5.51. The first-order chi connectivity index (χ1) is 12.7. The smallest absolute Gasteiger partial charge is 0.228 e. The number of carbonyl (C=O) groups is 1. The Labute approximate surface area is 151 Å². The van der Waals surface area contributed by atoms with Crippen LogP contribution in [0.15, 0.2) is 42.7 Å². The lowest BCUT2D eigenvalue weighted by molar-refractivity contribution is -0.117. The topological polar surface area (TPSA) is 76.1 Å². The van der Waals surface area contributed by atoms with E-state index in [9.17, 15) is 4.79 Å². The van der Waals surface area contributed by atoms with Crippen LogP contribution in [0, 0.1) is 5.92 Å². The van der Waals surface area contributed by atoms with Gasteiger partial charge in [0.05, 0.1) is 7.11 Å². The standard InChI is InChI=1S/C20H20N4O2/c1-21-19-16-11-22-18(24-20(25)12-7-8-12)9-14(16)15(10-23-19)13-5-3-4-6-17(13)26-2/h3-6,9-12H,7-8H2,1-2H3,(H,21,23)(H,22,24,25). The molecule has 132 valence electrons. The number of nitrogens with zero attached hydrogens (tertiary/aromatic N) is 2. The Hall–Kier alpha value is -3.15. The molecule has 1 aliphatic rings. The Morgan fingerprint density at radius 2 is 1.92 bits per heavy atom. The maximum Gasteiger partial charge on any atom is 0.228 e. The predicted octanol–water partition coefficient (Wildman–Crippen LogP) is 3.70. The maximum absolute atomic E-state index is 12.1. The normalized spacial score (nSPS) is 13.5. The molecule has 6 heteroatoms. The highest BCUT2D eigenvalue weighted by Crippen LogP contribution is 2.37. The first-order valence-electron chi connectivity index (χ1n) is 8.62. The summed E-state index contributed by atoms with van der Waals surface area (Å²) in [6.45, 7) is 0. The Morgan fingerprint density at radius 3 is 2.65 bits per heavy atom. The van der Waals surface area contributed by atoms with E-state index in [1.807, 2.05) is 43.6 Å². The number of hydrogen-bond acceptors (Lipinski definition) is 5. The minimum absolute atomic E-state index is 0.0404. The number of benzene rings is 1. The molecule has 1 fully saturated rings. The number of fused-ring (bicyclic) bond motifs is 1. The average Bonchev–Trinajstić information content (AvgIpc) is 3.52. The number of rotatable bonds is 5. The van der Waals surface area contributed by atoms with Crippen molar-refractivity contribution in [3.05, 3.63) is 42.7 Å². The van der Waals surface area contributed by atoms with Crippen molar-refractivity contribution in [3.63, 3.8) is 0 Å².